The highest BCUT2D eigenvalue weighted by Crippen LogP contribution is 2.27. The molecule has 0 atom stereocenters. The maximum atomic E-state index is 13.3. The summed E-state index contributed by atoms with van der Waals surface area (Å²) in [6.45, 7) is 2.55. The van der Waals surface area contributed by atoms with Crippen LogP contribution in [0.3, 0.4) is 0 Å². The molecule has 4 aromatic rings. The molecule has 0 aliphatic heterocycles. The predicted octanol–water partition coefficient (Wildman–Crippen LogP) is 4.34. The number of hydrogen-bond acceptors (Lipinski definition) is 7. The van der Waals surface area contributed by atoms with Crippen LogP contribution in [0.15, 0.2) is 59.1 Å². The van der Waals surface area contributed by atoms with E-state index in [0.29, 0.717) is 33.6 Å². The fraction of sp³-hybridized carbons (Fsp3) is 0.125. The van der Waals surface area contributed by atoms with E-state index in [1.54, 1.807) is 19.1 Å². The highest BCUT2D eigenvalue weighted by atomic mass is 19.1. The Labute approximate surface area is 187 Å². The van der Waals surface area contributed by atoms with Crippen LogP contribution in [0.25, 0.3) is 22.4 Å². The maximum Gasteiger partial charge on any atom is 0.339 e. The monoisotopic (exact) mass is 447 g/mol. The number of benzene rings is 2. The molecule has 166 valence electrons. The van der Waals surface area contributed by atoms with Crippen LogP contribution in [-0.4, -0.2) is 34.4 Å². The van der Waals surface area contributed by atoms with E-state index in [1.165, 1.54) is 49.4 Å². The largest absolute Gasteiger partial charge is 0.454 e. The number of pyridine rings is 1. The molecule has 0 unspecified atom stereocenters. The molecule has 2 aromatic heterocycles. The summed E-state index contributed by atoms with van der Waals surface area (Å²) in [7, 11) is 0. The molecule has 8 nitrogen and oxygen atoms in total. The molecule has 2 heterocycles. The number of nitrogens with zero attached hydrogens (tertiary/aromatic N) is 2. The lowest BCUT2D eigenvalue weighted by Crippen LogP contribution is -2.15. The first-order valence-electron chi connectivity index (χ1n) is 9.93. The third-order valence-electron chi connectivity index (χ3n) is 4.84. The molecule has 1 N–H and O–H groups in total. The van der Waals surface area contributed by atoms with E-state index in [0.717, 1.165) is 0 Å². The average molecular weight is 447 g/mol. The van der Waals surface area contributed by atoms with Crippen molar-refractivity contribution in [2.75, 3.05) is 11.9 Å². The fourth-order valence-corrected chi connectivity index (χ4v) is 3.26. The Morgan fingerprint density at radius 2 is 1.76 bits per heavy atom. The zero-order valence-electron chi connectivity index (χ0n) is 17.7. The van der Waals surface area contributed by atoms with E-state index in [9.17, 15) is 18.8 Å². The van der Waals surface area contributed by atoms with Gasteiger partial charge in [-0.2, -0.15) is 0 Å². The number of Topliss-reactive ketones (excluding diaryl/α,β-unsaturated/α-hetero) is 1. The van der Waals surface area contributed by atoms with E-state index in [1.807, 2.05) is 0 Å². The lowest BCUT2D eigenvalue weighted by molar-refractivity contribution is -0.114. The number of nitrogens with one attached hydrogen (secondary N) is 1. The Morgan fingerprint density at radius 1 is 1.06 bits per heavy atom. The number of carbonyl (C=O) groups excluding carboxylic acids is 3. The number of carbonyl (C=O) groups is 3. The minimum absolute atomic E-state index is 0.126. The van der Waals surface area contributed by atoms with Gasteiger partial charge in [-0.3, -0.25) is 9.59 Å². The van der Waals surface area contributed by atoms with Gasteiger partial charge >= 0.3 is 5.97 Å². The summed E-state index contributed by atoms with van der Waals surface area (Å²) in [6.07, 6.45) is 0. The van der Waals surface area contributed by atoms with Crippen molar-refractivity contribution in [2.45, 2.75) is 13.8 Å². The first-order valence-corrected chi connectivity index (χ1v) is 9.93. The van der Waals surface area contributed by atoms with Crippen LogP contribution in [0.1, 0.15) is 33.3 Å². The summed E-state index contributed by atoms with van der Waals surface area (Å²) in [5, 5.41) is 6.84. The second-order valence-electron chi connectivity index (χ2n) is 7.27. The van der Waals surface area contributed by atoms with Crippen LogP contribution in [-0.2, 0) is 9.53 Å². The van der Waals surface area contributed by atoms with E-state index in [-0.39, 0.29) is 17.2 Å². The van der Waals surface area contributed by atoms with Gasteiger partial charge in [-0.05, 0) is 61.5 Å². The first-order chi connectivity index (χ1) is 15.8. The molecule has 2 aromatic carbocycles. The number of anilines is 1. The number of esters is 1. The third-order valence-corrected chi connectivity index (χ3v) is 4.84. The van der Waals surface area contributed by atoms with Crippen LogP contribution < -0.4 is 5.32 Å². The lowest BCUT2D eigenvalue weighted by atomic mass is 10.1. The SMILES string of the molecule is CC(=O)Nc1ccc(C(=O)COC(=O)c2cc(-c3ccc(F)cc3)nc3onc(C)c23)cc1. The lowest BCUT2D eigenvalue weighted by Gasteiger charge is -2.08. The molecule has 0 bridgehead atoms. The van der Waals surface area contributed by atoms with Crippen molar-refractivity contribution in [3.63, 3.8) is 0 Å². The van der Waals surface area contributed by atoms with Crippen molar-refractivity contribution in [3.05, 3.63) is 77.2 Å². The Kier molecular flexibility index (Phi) is 5.95. The molecule has 9 heteroatoms. The second kappa shape index (κ2) is 8.99. The molecule has 0 aliphatic carbocycles. The topological polar surface area (TPSA) is 111 Å². The summed E-state index contributed by atoms with van der Waals surface area (Å²) in [6, 6.07) is 13.3. The number of rotatable bonds is 6. The molecular formula is C24H18FN3O5. The fourth-order valence-electron chi connectivity index (χ4n) is 3.26. The Hall–Kier alpha value is -4.40. The highest BCUT2D eigenvalue weighted by Gasteiger charge is 2.21. The summed E-state index contributed by atoms with van der Waals surface area (Å²) >= 11 is 0. The number of hydrogen-bond donors (Lipinski definition) is 1. The Balaban J connectivity index is 1.56. The standard InChI is InChI=1S/C24H18FN3O5/c1-13-22-19(11-20(27-23(22)33-28-13)15-3-7-17(25)8-4-15)24(31)32-12-21(30)16-5-9-18(10-6-16)26-14(2)29/h3-11H,12H2,1-2H3,(H,26,29). The van der Waals surface area contributed by atoms with Crippen molar-refractivity contribution in [3.8, 4) is 11.3 Å². The quantitative estimate of drug-likeness (QED) is 0.346. The van der Waals surface area contributed by atoms with Gasteiger partial charge in [0.25, 0.3) is 5.71 Å². The van der Waals surface area contributed by atoms with Gasteiger partial charge in [0.1, 0.15) is 5.82 Å². The van der Waals surface area contributed by atoms with Crippen molar-refractivity contribution >= 4 is 34.4 Å². The number of aryl methyl sites for hydroxylation is 1. The van der Waals surface area contributed by atoms with Crippen LogP contribution in [0, 0.1) is 12.7 Å². The highest BCUT2D eigenvalue weighted by molar-refractivity contribution is 6.06. The smallest absolute Gasteiger partial charge is 0.339 e. The molecule has 0 radical (unpaired) electrons. The van der Waals surface area contributed by atoms with E-state index < -0.39 is 24.2 Å². The molecule has 0 saturated heterocycles. The number of ether oxygens (including phenoxy) is 1. The van der Waals surface area contributed by atoms with Crippen LogP contribution in [0.5, 0.6) is 0 Å². The van der Waals surface area contributed by atoms with Gasteiger partial charge in [0, 0.05) is 23.7 Å². The van der Waals surface area contributed by atoms with Gasteiger partial charge in [0.2, 0.25) is 5.91 Å². The summed E-state index contributed by atoms with van der Waals surface area (Å²) < 4.78 is 23.8. The second-order valence-corrected chi connectivity index (χ2v) is 7.27. The minimum Gasteiger partial charge on any atom is -0.454 e. The van der Waals surface area contributed by atoms with Gasteiger partial charge in [0.05, 0.1) is 22.3 Å². The molecule has 0 aliphatic rings. The molecular weight excluding hydrogens is 429 g/mol. The van der Waals surface area contributed by atoms with Crippen molar-refractivity contribution in [1.82, 2.24) is 10.1 Å². The van der Waals surface area contributed by atoms with E-state index >= 15 is 0 Å². The number of fused-ring (bicyclic) bond motifs is 1. The number of aromatic nitrogens is 2. The summed E-state index contributed by atoms with van der Waals surface area (Å²) in [5.74, 6) is -1.79. The van der Waals surface area contributed by atoms with Gasteiger partial charge < -0.3 is 14.6 Å². The van der Waals surface area contributed by atoms with Crippen molar-refractivity contribution in [2.24, 2.45) is 0 Å². The van der Waals surface area contributed by atoms with Crippen LogP contribution in [0.4, 0.5) is 10.1 Å². The minimum atomic E-state index is -0.750. The molecule has 4 rings (SSSR count). The predicted molar refractivity (Wildman–Crippen MR) is 117 cm³/mol. The molecule has 0 spiro atoms. The maximum absolute atomic E-state index is 13.3. The Morgan fingerprint density at radius 3 is 2.42 bits per heavy atom. The van der Waals surface area contributed by atoms with E-state index in [2.05, 4.69) is 15.5 Å². The normalized spacial score (nSPS) is 10.8. The van der Waals surface area contributed by atoms with E-state index in [4.69, 9.17) is 9.26 Å². The van der Waals surface area contributed by atoms with Crippen molar-refractivity contribution in [1.29, 1.82) is 0 Å². The van der Waals surface area contributed by atoms with Crippen LogP contribution in [0.2, 0.25) is 0 Å². The molecule has 0 fully saturated rings. The van der Waals surface area contributed by atoms with Gasteiger partial charge in [-0.1, -0.05) is 5.16 Å². The molecule has 1 amide bonds. The zero-order valence-corrected chi connectivity index (χ0v) is 17.7. The van der Waals surface area contributed by atoms with Crippen LogP contribution >= 0.6 is 0 Å². The zero-order chi connectivity index (χ0) is 23.5. The summed E-state index contributed by atoms with van der Waals surface area (Å²) in [5.41, 5.74) is 2.50. The molecule has 33 heavy (non-hydrogen) atoms. The molecule has 0 saturated carbocycles. The number of amides is 1. The van der Waals surface area contributed by atoms with Gasteiger partial charge in [-0.15, -0.1) is 0 Å². The number of halogens is 1. The van der Waals surface area contributed by atoms with Gasteiger partial charge in [-0.25, -0.2) is 14.2 Å². The first kappa shape index (κ1) is 21.8. The number of ketones is 1. The average Bonchev–Trinajstić information content (AvgIpc) is 3.18. The van der Waals surface area contributed by atoms with Crippen molar-refractivity contribution < 1.29 is 28.0 Å². The summed E-state index contributed by atoms with van der Waals surface area (Å²) in [4.78, 5) is 40.8. The van der Waals surface area contributed by atoms with Gasteiger partial charge in [0.15, 0.2) is 12.4 Å². The Bertz CT molecular complexity index is 1360. The third kappa shape index (κ3) is 4.77.